The first-order valence-corrected chi connectivity index (χ1v) is 5.33. The number of hydrogen-bond donors (Lipinski definition) is 0. The Hall–Kier alpha value is -1.79. The average Bonchev–Trinajstić information content (AvgIpc) is 2.30. The second-order valence-electron chi connectivity index (χ2n) is 3.87. The molecule has 0 N–H and O–H groups in total. The van der Waals surface area contributed by atoms with Crippen molar-refractivity contribution in [3.8, 4) is 0 Å². The van der Waals surface area contributed by atoms with Gasteiger partial charge in [0.15, 0.2) is 17.5 Å². The molecule has 0 unspecified atom stereocenters. The molecule has 100 valence electrons. The van der Waals surface area contributed by atoms with Gasteiger partial charge < -0.3 is 9.80 Å². The Morgan fingerprint density at radius 3 is 2.39 bits per heavy atom. The minimum absolute atomic E-state index is 0.154. The van der Waals surface area contributed by atoms with Gasteiger partial charge in [-0.15, -0.1) is 0 Å². The Morgan fingerprint density at radius 2 is 1.89 bits per heavy atom. The van der Waals surface area contributed by atoms with Crippen molar-refractivity contribution in [1.82, 2.24) is 9.88 Å². The molecule has 0 atom stereocenters. The maximum absolute atomic E-state index is 13.5. The van der Waals surface area contributed by atoms with E-state index in [9.17, 15) is 18.0 Å². The first-order chi connectivity index (χ1) is 8.36. The molecule has 1 rings (SSSR count). The highest BCUT2D eigenvalue weighted by molar-refractivity contribution is 5.80. The average molecular weight is 261 g/mol. The second kappa shape index (κ2) is 5.70. The van der Waals surface area contributed by atoms with Crippen LogP contribution in [0.5, 0.6) is 0 Å². The Kier molecular flexibility index (Phi) is 4.52. The summed E-state index contributed by atoms with van der Waals surface area (Å²) in [5.74, 6) is -4.40. The van der Waals surface area contributed by atoms with Crippen molar-refractivity contribution in [3.63, 3.8) is 0 Å². The molecule has 4 nitrogen and oxygen atoms in total. The van der Waals surface area contributed by atoms with Gasteiger partial charge in [0.05, 0.1) is 6.54 Å². The van der Waals surface area contributed by atoms with Crippen molar-refractivity contribution in [3.05, 3.63) is 23.6 Å². The van der Waals surface area contributed by atoms with Gasteiger partial charge in [-0.05, 0) is 6.92 Å². The number of halogens is 3. The molecule has 0 fully saturated rings. The maximum atomic E-state index is 13.5. The molecule has 0 spiro atoms. The first kappa shape index (κ1) is 14.3. The van der Waals surface area contributed by atoms with Crippen LogP contribution in [0.2, 0.25) is 0 Å². The van der Waals surface area contributed by atoms with Crippen LogP contribution >= 0.6 is 0 Å². The van der Waals surface area contributed by atoms with Crippen molar-refractivity contribution >= 4 is 11.7 Å². The van der Waals surface area contributed by atoms with Crippen molar-refractivity contribution in [2.24, 2.45) is 0 Å². The third kappa shape index (κ3) is 3.12. The molecule has 0 saturated heterocycles. The third-order valence-corrected chi connectivity index (χ3v) is 2.37. The van der Waals surface area contributed by atoms with Gasteiger partial charge in [0.25, 0.3) is 5.95 Å². The fraction of sp³-hybridized carbons (Fsp3) is 0.455. The van der Waals surface area contributed by atoms with E-state index >= 15 is 0 Å². The maximum Gasteiger partial charge on any atom is 0.251 e. The van der Waals surface area contributed by atoms with Crippen LogP contribution in [0.3, 0.4) is 0 Å². The van der Waals surface area contributed by atoms with E-state index in [0.717, 1.165) is 0 Å². The van der Waals surface area contributed by atoms with Crippen LogP contribution in [-0.2, 0) is 4.79 Å². The summed E-state index contributed by atoms with van der Waals surface area (Å²) in [4.78, 5) is 17.3. The number of anilines is 1. The molecule has 1 aromatic rings. The summed E-state index contributed by atoms with van der Waals surface area (Å²) in [6, 6.07) is 0.417. The van der Waals surface area contributed by atoms with Crippen LogP contribution in [0, 0.1) is 17.6 Å². The number of aromatic nitrogens is 1. The molecule has 0 saturated carbocycles. The quantitative estimate of drug-likeness (QED) is 0.769. The number of pyridine rings is 1. The summed E-state index contributed by atoms with van der Waals surface area (Å²) < 4.78 is 39.2. The van der Waals surface area contributed by atoms with Crippen molar-refractivity contribution < 1.29 is 18.0 Å². The molecule has 7 heteroatoms. The number of hydrogen-bond acceptors (Lipinski definition) is 3. The lowest BCUT2D eigenvalue weighted by atomic mass is 10.3. The molecule has 0 aliphatic carbocycles. The van der Waals surface area contributed by atoms with Crippen LogP contribution in [-0.4, -0.2) is 43.0 Å². The zero-order valence-corrected chi connectivity index (χ0v) is 10.4. The molecular formula is C11H14F3N3O. The van der Waals surface area contributed by atoms with Gasteiger partial charge in [-0.25, -0.2) is 8.78 Å². The zero-order valence-electron chi connectivity index (χ0n) is 10.4. The molecule has 0 radical (unpaired) electrons. The van der Waals surface area contributed by atoms with E-state index in [2.05, 4.69) is 4.98 Å². The van der Waals surface area contributed by atoms with Gasteiger partial charge in [-0.2, -0.15) is 9.37 Å². The normalized spacial score (nSPS) is 10.3. The van der Waals surface area contributed by atoms with E-state index in [1.807, 2.05) is 0 Å². The third-order valence-electron chi connectivity index (χ3n) is 2.37. The molecule has 0 aromatic carbocycles. The van der Waals surface area contributed by atoms with E-state index in [1.54, 1.807) is 21.0 Å². The number of rotatable bonds is 4. The topological polar surface area (TPSA) is 36.4 Å². The van der Waals surface area contributed by atoms with Crippen molar-refractivity contribution in [1.29, 1.82) is 0 Å². The highest BCUT2D eigenvalue weighted by Crippen LogP contribution is 2.18. The van der Waals surface area contributed by atoms with Crippen LogP contribution in [0.25, 0.3) is 0 Å². The van der Waals surface area contributed by atoms with Gasteiger partial charge in [-0.3, -0.25) is 4.79 Å². The highest BCUT2D eigenvalue weighted by atomic mass is 19.2. The lowest BCUT2D eigenvalue weighted by molar-refractivity contribution is -0.127. The summed E-state index contributed by atoms with van der Waals surface area (Å²) in [6.45, 7) is 1.75. The number of likely N-dealkylation sites (N-methyl/N-ethyl adjacent to an activating group) is 2. The summed E-state index contributed by atoms with van der Waals surface area (Å²) >= 11 is 0. The van der Waals surface area contributed by atoms with E-state index in [0.29, 0.717) is 6.07 Å². The van der Waals surface area contributed by atoms with Gasteiger partial charge in [0.2, 0.25) is 5.91 Å². The van der Waals surface area contributed by atoms with Crippen LogP contribution in [0.15, 0.2) is 6.07 Å². The molecule has 0 aliphatic heterocycles. The summed E-state index contributed by atoms with van der Waals surface area (Å²) in [7, 11) is 3.09. The Balaban J connectivity index is 3.02. The molecule has 1 aromatic heterocycles. The summed E-state index contributed by atoms with van der Waals surface area (Å²) in [5, 5.41) is 0. The molecule has 18 heavy (non-hydrogen) atoms. The predicted molar refractivity (Wildman–Crippen MR) is 60.7 cm³/mol. The Labute approximate surface area is 103 Å². The minimum atomic E-state index is -1.39. The van der Waals surface area contributed by atoms with E-state index in [-0.39, 0.29) is 24.8 Å². The monoisotopic (exact) mass is 261 g/mol. The smallest absolute Gasteiger partial charge is 0.251 e. The number of carbonyl (C=O) groups excluding carboxylic acids is 1. The van der Waals surface area contributed by atoms with Crippen LogP contribution < -0.4 is 4.90 Å². The summed E-state index contributed by atoms with van der Waals surface area (Å²) in [6.07, 6.45) is 0. The van der Waals surface area contributed by atoms with Gasteiger partial charge in [0.1, 0.15) is 0 Å². The van der Waals surface area contributed by atoms with E-state index in [1.165, 1.54) is 9.80 Å². The van der Waals surface area contributed by atoms with E-state index < -0.39 is 17.6 Å². The van der Waals surface area contributed by atoms with Crippen LogP contribution in [0.4, 0.5) is 19.0 Å². The van der Waals surface area contributed by atoms with Crippen molar-refractivity contribution in [2.75, 3.05) is 32.1 Å². The zero-order chi connectivity index (χ0) is 13.9. The summed E-state index contributed by atoms with van der Waals surface area (Å²) in [5.41, 5.74) is 0. The SMILES string of the molecule is CCN(CC(=O)N(C)C)c1nc(F)c(F)cc1F. The molecule has 1 heterocycles. The molecule has 0 bridgehead atoms. The highest BCUT2D eigenvalue weighted by Gasteiger charge is 2.19. The number of carbonyl (C=O) groups is 1. The first-order valence-electron chi connectivity index (χ1n) is 5.33. The molecule has 0 aliphatic rings. The van der Waals surface area contributed by atoms with Crippen molar-refractivity contribution in [2.45, 2.75) is 6.92 Å². The van der Waals surface area contributed by atoms with Crippen LogP contribution in [0.1, 0.15) is 6.92 Å². The van der Waals surface area contributed by atoms with E-state index in [4.69, 9.17) is 0 Å². The minimum Gasteiger partial charge on any atom is -0.347 e. The van der Waals surface area contributed by atoms with Gasteiger partial charge in [0, 0.05) is 26.7 Å². The fourth-order valence-corrected chi connectivity index (χ4v) is 1.30. The number of nitrogens with zero attached hydrogens (tertiary/aromatic N) is 3. The Morgan fingerprint density at radius 1 is 1.28 bits per heavy atom. The Bertz CT molecular complexity index is 451. The predicted octanol–water partition coefficient (Wildman–Crippen LogP) is 1.41. The second-order valence-corrected chi connectivity index (χ2v) is 3.87. The van der Waals surface area contributed by atoms with Gasteiger partial charge >= 0.3 is 0 Å². The fourth-order valence-electron chi connectivity index (χ4n) is 1.30. The van der Waals surface area contributed by atoms with Gasteiger partial charge in [-0.1, -0.05) is 0 Å². The molecular weight excluding hydrogens is 247 g/mol. The standard InChI is InChI=1S/C11H14F3N3O/c1-4-17(6-9(18)16(2)3)11-8(13)5-7(12)10(14)15-11/h5H,4,6H2,1-3H3. The number of amides is 1. The lowest BCUT2D eigenvalue weighted by Crippen LogP contribution is -2.37. The largest absolute Gasteiger partial charge is 0.347 e. The lowest BCUT2D eigenvalue weighted by Gasteiger charge is -2.23. The molecule has 1 amide bonds.